The molecule has 1 saturated carbocycles. The second-order valence-corrected chi connectivity index (χ2v) is 6.92. The van der Waals surface area contributed by atoms with Crippen LogP contribution in [0.5, 0.6) is 0 Å². The molecule has 1 aliphatic carbocycles. The molecule has 0 N–H and O–H groups in total. The first-order valence-electron chi connectivity index (χ1n) is 7.93. The van der Waals surface area contributed by atoms with E-state index in [1.165, 1.54) is 32.1 Å². The maximum Gasteiger partial charge on any atom is 0.163 e. The topological polar surface area (TPSA) is 18.5 Å². The Morgan fingerprint density at radius 1 is 1.16 bits per heavy atom. The molecule has 2 heteroatoms. The molecule has 1 saturated heterocycles. The second kappa shape index (κ2) is 5.97. The lowest BCUT2D eigenvalue weighted by molar-refractivity contribution is -0.334. The van der Waals surface area contributed by atoms with Gasteiger partial charge in [-0.2, -0.15) is 0 Å². The molecule has 1 heterocycles. The maximum atomic E-state index is 6.29. The number of rotatable bonds is 3. The van der Waals surface area contributed by atoms with Crippen LogP contribution in [0, 0.1) is 17.8 Å². The van der Waals surface area contributed by atoms with Crippen molar-refractivity contribution < 1.29 is 9.47 Å². The highest BCUT2D eigenvalue weighted by Crippen LogP contribution is 2.41. The lowest BCUT2D eigenvalue weighted by atomic mass is 9.76. The maximum absolute atomic E-state index is 6.29. The summed E-state index contributed by atoms with van der Waals surface area (Å²) in [6.07, 6.45) is 9.34. The number of hydrogen-bond donors (Lipinski definition) is 0. The van der Waals surface area contributed by atoms with Crippen molar-refractivity contribution in [3.63, 3.8) is 0 Å². The van der Waals surface area contributed by atoms with E-state index in [1.54, 1.807) is 0 Å². The van der Waals surface area contributed by atoms with Crippen molar-refractivity contribution in [2.24, 2.45) is 17.8 Å². The average molecular weight is 266 g/mol. The number of hydrogen-bond acceptors (Lipinski definition) is 2. The molecule has 0 spiro atoms. The van der Waals surface area contributed by atoms with Gasteiger partial charge in [-0.1, -0.05) is 39.2 Å². The predicted octanol–water partition coefficient (Wildman–Crippen LogP) is 4.55. The summed E-state index contributed by atoms with van der Waals surface area (Å²) < 4.78 is 12.5. The van der Waals surface area contributed by atoms with Gasteiger partial charge in [0.2, 0.25) is 0 Å². The van der Waals surface area contributed by atoms with E-state index in [9.17, 15) is 0 Å². The van der Waals surface area contributed by atoms with E-state index in [0.29, 0.717) is 23.9 Å². The summed E-state index contributed by atoms with van der Waals surface area (Å²) in [6.45, 7) is 12.5. The van der Waals surface area contributed by atoms with Crippen molar-refractivity contribution >= 4 is 0 Å². The molecule has 2 aliphatic rings. The fourth-order valence-corrected chi connectivity index (χ4v) is 3.79. The molecule has 0 bridgehead atoms. The molecule has 2 nitrogen and oxygen atoms in total. The zero-order chi connectivity index (χ0) is 14.0. The Bertz CT molecular complexity index is 304. The van der Waals surface area contributed by atoms with Crippen LogP contribution in [0.1, 0.15) is 59.8 Å². The molecule has 0 aromatic heterocycles. The van der Waals surface area contributed by atoms with Crippen molar-refractivity contribution in [1.29, 1.82) is 0 Å². The molecule has 0 amide bonds. The summed E-state index contributed by atoms with van der Waals surface area (Å²) in [6, 6.07) is 0. The van der Waals surface area contributed by atoms with Gasteiger partial charge in [-0.05, 0) is 32.6 Å². The molecule has 19 heavy (non-hydrogen) atoms. The molecule has 4 atom stereocenters. The van der Waals surface area contributed by atoms with Gasteiger partial charge in [-0.3, -0.25) is 0 Å². The van der Waals surface area contributed by atoms with Crippen molar-refractivity contribution in [2.45, 2.75) is 77.8 Å². The third-order valence-electron chi connectivity index (χ3n) is 4.88. The van der Waals surface area contributed by atoms with Gasteiger partial charge >= 0.3 is 0 Å². The molecule has 2 fully saturated rings. The summed E-state index contributed by atoms with van der Waals surface area (Å²) in [4.78, 5) is 0. The van der Waals surface area contributed by atoms with Gasteiger partial charge in [0.25, 0.3) is 0 Å². The third-order valence-corrected chi connectivity index (χ3v) is 4.88. The minimum atomic E-state index is -0.462. The first-order chi connectivity index (χ1) is 8.94. The van der Waals surface area contributed by atoms with Gasteiger partial charge < -0.3 is 9.47 Å². The van der Waals surface area contributed by atoms with Gasteiger partial charge in [-0.25, -0.2) is 0 Å². The van der Waals surface area contributed by atoms with Crippen LogP contribution in [0.2, 0.25) is 0 Å². The standard InChI is InChI=1S/C17H30O2/c1-6-12(2)15-13(3)16(19-17(4,5)18-15)14-10-8-7-9-11-14/h6,12-16H,1,7-11H2,2-5H3/t12-,13+,15+,16+/m1/s1. The monoisotopic (exact) mass is 266 g/mol. The van der Waals surface area contributed by atoms with Gasteiger partial charge in [-0.15, -0.1) is 6.58 Å². The van der Waals surface area contributed by atoms with Crippen LogP contribution in [0.3, 0.4) is 0 Å². The van der Waals surface area contributed by atoms with Crippen LogP contribution < -0.4 is 0 Å². The molecule has 1 aliphatic heterocycles. The molecule has 0 aromatic carbocycles. The van der Waals surface area contributed by atoms with Crippen LogP contribution in [0.15, 0.2) is 12.7 Å². The van der Waals surface area contributed by atoms with Crippen molar-refractivity contribution in [1.82, 2.24) is 0 Å². The Kier molecular flexibility index (Phi) is 4.73. The Morgan fingerprint density at radius 3 is 2.37 bits per heavy atom. The molecule has 0 aromatic rings. The highest BCUT2D eigenvalue weighted by molar-refractivity contribution is 4.94. The number of ether oxygens (including phenoxy) is 2. The lowest BCUT2D eigenvalue weighted by Crippen LogP contribution is -2.54. The first kappa shape index (κ1) is 15.1. The molecule has 0 radical (unpaired) electrons. The quantitative estimate of drug-likeness (QED) is 0.698. The minimum absolute atomic E-state index is 0.230. The van der Waals surface area contributed by atoms with Gasteiger partial charge in [0.15, 0.2) is 5.79 Å². The normalized spacial score (nSPS) is 37.8. The molecule has 0 unspecified atom stereocenters. The van der Waals surface area contributed by atoms with E-state index in [4.69, 9.17) is 9.47 Å². The summed E-state index contributed by atoms with van der Waals surface area (Å²) in [5.41, 5.74) is 0. The van der Waals surface area contributed by atoms with Crippen molar-refractivity contribution in [2.75, 3.05) is 0 Å². The molecular weight excluding hydrogens is 236 g/mol. The zero-order valence-corrected chi connectivity index (χ0v) is 13.0. The van der Waals surface area contributed by atoms with Crippen molar-refractivity contribution in [3.8, 4) is 0 Å². The highest BCUT2D eigenvalue weighted by Gasteiger charge is 2.45. The van der Waals surface area contributed by atoms with Gasteiger partial charge in [0.1, 0.15) is 0 Å². The lowest BCUT2D eigenvalue weighted by Gasteiger charge is -2.49. The molecular formula is C17H30O2. The Labute approximate surface area is 118 Å². The SMILES string of the molecule is C=C[C@@H](C)[C@@H]1OC(C)(C)O[C@H](C2CCCCC2)[C@H]1C. The summed E-state index contributed by atoms with van der Waals surface area (Å²) in [7, 11) is 0. The largest absolute Gasteiger partial charge is 0.347 e. The Balaban J connectivity index is 2.14. The summed E-state index contributed by atoms with van der Waals surface area (Å²) in [5.74, 6) is 1.08. The van der Waals surface area contributed by atoms with Gasteiger partial charge in [0.05, 0.1) is 12.2 Å². The van der Waals surface area contributed by atoms with Crippen molar-refractivity contribution in [3.05, 3.63) is 12.7 Å². The van der Waals surface area contributed by atoms with E-state index in [2.05, 4.69) is 34.3 Å². The fourth-order valence-electron chi connectivity index (χ4n) is 3.79. The smallest absolute Gasteiger partial charge is 0.163 e. The first-order valence-corrected chi connectivity index (χ1v) is 7.93. The fraction of sp³-hybridized carbons (Fsp3) is 0.882. The van der Waals surface area contributed by atoms with Crippen LogP contribution in [-0.2, 0) is 9.47 Å². The Hall–Kier alpha value is -0.340. The minimum Gasteiger partial charge on any atom is -0.347 e. The van der Waals surface area contributed by atoms with Crippen LogP contribution in [-0.4, -0.2) is 18.0 Å². The van der Waals surface area contributed by atoms with E-state index in [-0.39, 0.29) is 6.10 Å². The average Bonchev–Trinajstić information content (AvgIpc) is 2.41. The van der Waals surface area contributed by atoms with E-state index < -0.39 is 5.79 Å². The molecule has 110 valence electrons. The second-order valence-electron chi connectivity index (χ2n) is 6.92. The summed E-state index contributed by atoms with van der Waals surface area (Å²) >= 11 is 0. The Morgan fingerprint density at radius 2 is 1.79 bits per heavy atom. The van der Waals surface area contributed by atoms with Gasteiger partial charge in [0, 0.05) is 11.8 Å². The predicted molar refractivity (Wildman–Crippen MR) is 78.9 cm³/mol. The van der Waals surface area contributed by atoms with E-state index >= 15 is 0 Å². The molecule has 2 rings (SSSR count). The third kappa shape index (κ3) is 3.41. The highest BCUT2D eigenvalue weighted by atomic mass is 16.7. The zero-order valence-electron chi connectivity index (χ0n) is 13.0. The van der Waals surface area contributed by atoms with Crippen LogP contribution >= 0.6 is 0 Å². The van der Waals surface area contributed by atoms with Crippen LogP contribution in [0.25, 0.3) is 0 Å². The van der Waals surface area contributed by atoms with Crippen LogP contribution in [0.4, 0.5) is 0 Å². The van der Waals surface area contributed by atoms with E-state index in [0.717, 1.165) is 0 Å². The van der Waals surface area contributed by atoms with E-state index in [1.807, 2.05) is 6.08 Å². The summed E-state index contributed by atoms with van der Waals surface area (Å²) in [5, 5.41) is 0.